The van der Waals surface area contributed by atoms with Gasteiger partial charge in [0.25, 0.3) is 5.56 Å². The number of aromatic nitrogens is 1. The second kappa shape index (κ2) is 8.40. The van der Waals surface area contributed by atoms with E-state index in [2.05, 4.69) is 5.32 Å². The number of benzene rings is 2. The van der Waals surface area contributed by atoms with Crippen LogP contribution in [0.3, 0.4) is 0 Å². The average Bonchev–Trinajstić information content (AvgIpc) is 2.66. The van der Waals surface area contributed by atoms with Gasteiger partial charge in [0.1, 0.15) is 6.54 Å². The molecule has 0 saturated heterocycles. The number of carbonyl (C=O) groups excluding carboxylic acids is 1. The molecule has 0 aliphatic rings. The smallest absolute Gasteiger partial charge is 0.293 e. The van der Waals surface area contributed by atoms with E-state index < -0.39 is 0 Å². The normalized spacial score (nSPS) is 10.3. The maximum absolute atomic E-state index is 12.4. The highest BCUT2D eigenvalue weighted by Crippen LogP contribution is 2.33. The van der Waals surface area contributed by atoms with Gasteiger partial charge in [0.05, 0.1) is 12.8 Å². The van der Waals surface area contributed by atoms with Crippen LogP contribution in [0.25, 0.3) is 0 Å². The van der Waals surface area contributed by atoms with Crippen LogP contribution in [0.15, 0.2) is 87.5 Å². The standard InChI is InChI=1S/C20H18N2O3S/c1-25-17-11-7-13-22(20(17)24)14-19(23)21-16-10-5-6-12-18(16)26-15-8-3-2-4-9-15/h2-13H,14H2,1H3,(H,21,23). The Morgan fingerprint density at radius 1 is 1.04 bits per heavy atom. The summed E-state index contributed by atoms with van der Waals surface area (Å²) < 4.78 is 6.32. The van der Waals surface area contributed by atoms with Crippen molar-refractivity contribution in [2.24, 2.45) is 0 Å². The lowest BCUT2D eigenvalue weighted by molar-refractivity contribution is -0.116. The largest absolute Gasteiger partial charge is 0.491 e. The summed E-state index contributed by atoms with van der Waals surface area (Å²) in [5.41, 5.74) is 0.374. The molecule has 0 atom stereocenters. The number of nitrogens with one attached hydrogen (secondary N) is 1. The summed E-state index contributed by atoms with van der Waals surface area (Å²) in [7, 11) is 1.43. The molecule has 0 spiro atoms. The topological polar surface area (TPSA) is 60.3 Å². The van der Waals surface area contributed by atoms with Gasteiger partial charge in [-0.25, -0.2) is 0 Å². The van der Waals surface area contributed by atoms with Crippen LogP contribution in [-0.4, -0.2) is 17.6 Å². The van der Waals surface area contributed by atoms with E-state index in [1.54, 1.807) is 30.1 Å². The van der Waals surface area contributed by atoms with Crippen molar-refractivity contribution < 1.29 is 9.53 Å². The van der Waals surface area contributed by atoms with Crippen LogP contribution in [0, 0.1) is 0 Å². The van der Waals surface area contributed by atoms with Gasteiger partial charge in [-0.2, -0.15) is 0 Å². The summed E-state index contributed by atoms with van der Waals surface area (Å²) in [6.45, 7) is -0.0830. The van der Waals surface area contributed by atoms with Gasteiger partial charge in [0.15, 0.2) is 5.75 Å². The highest BCUT2D eigenvalue weighted by molar-refractivity contribution is 7.99. The lowest BCUT2D eigenvalue weighted by Crippen LogP contribution is -2.27. The number of anilines is 1. The predicted molar refractivity (Wildman–Crippen MR) is 103 cm³/mol. The molecule has 0 aliphatic carbocycles. The molecule has 1 amide bonds. The fourth-order valence-corrected chi connectivity index (χ4v) is 3.34. The van der Waals surface area contributed by atoms with Crippen LogP contribution in [-0.2, 0) is 11.3 Å². The molecule has 1 N–H and O–H groups in total. The molecule has 1 aromatic heterocycles. The van der Waals surface area contributed by atoms with E-state index in [1.807, 2.05) is 54.6 Å². The summed E-state index contributed by atoms with van der Waals surface area (Å²) >= 11 is 1.57. The molecule has 0 fully saturated rings. The zero-order valence-corrected chi connectivity index (χ0v) is 15.0. The number of pyridine rings is 1. The zero-order valence-electron chi connectivity index (χ0n) is 14.2. The SMILES string of the molecule is COc1cccn(CC(=O)Nc2ccccc2Sc2ccccc2)c1=O. The summed E-state index contributed by atoms with van der Waals surface area (Å²) in [5.74, 6) is -0.0678. The molecule has 5 nitrogen and oxygen atoms in total. The van der Waals surface area contributed by atoms with Crippen LogP contribution in [0.1, 0.15) is 0 Å². The Balaban J connectivity index is 1.75. The number of hydrogen-bond acceptors (Lipinski definition) is 4. The Labute approximate surface area is 155 Å². The van der Waals surface area contributed by atoms with Crippen molar-refractivity contribution in [2.45, 2.75) is 16.3 Å². The molecule has 0 radical (unpaired) electrons. The molecule has 0 unspecified atom stereocenters. The summed E-state index contributed by atoms with van der Waals surface area (Å²) in [5, 5.41) is 2.88. The number of hydrogen-bond donors (Lipinski definition) is 1. The van der Waals surface area contributed by atoms with Gasteiger partial charge in [-0.15, -0.1) is 0 Å². The fourth-order valence-electron chi connectivity index (χ4n) is 2.41. The molecule has 2 aromatic carbocycles. The molecule has 6 heteroatoms. The van der Waals surface area contributed by atoms with Crippen molar-refractivity contribution in [1.29, 1.82) is 0 Å². The van der Waals surface area contributed by atoms with E-state index in [4.69, 9.17) is 4.74 Å². The lowest BCUT2D eigenvalue weighted by atomic mass is 10.3. The van der Waals surface area contributed by atoms with E-state index in [0.717, 1.165) is 9.79 Å². The van der Waals surface area contributed by atoms with Crippen molar-refractivity contribution in [3.63, 3.8) is 0 Å². The van der Waals surface area contributed by atoms with Gasteiger partial charge in [0, 0.05) is 16.0 Å². The Hall–Kier alpha value is -2.99. The summed E-state index contributed by atoms with van der Waals surface area (Å²) in [6, 6.07) is 20.8. The summed E-state index contributed by atoms with van der Waals surface area (Å²) in [4.78, 5) is 26.6. The third-order valence-electron chi connectivity index (χ3n) is 3.65. The van der Waals surface area contributed by atoms with Crippen LogP contribution >= 0.6 is 11.8 Å². The average molecular weight is 366 g/mol. The number of rotatable bonds is 6. The van der Waals surface area contributed by atoms with E-state index in [9.17, 15) is 9.59 Å². The van der Waals surface area contributed by atoms with Gasteiger partial charge in [-0.3, -0.25) is 9.59 Å². The van der Waals surface area contributed by atoms with Crippen molar-refractivity contribution in [3.8, 4) is 5.75 Å². The first kappa shape index (κ1) is 17.8. The van der Waals surface area contributed by atoms with E-state index in [1.165, 1.54) is 11.7 Å². The Bertz CT molecular complexity index is 955. The number of para-hydroxylation sites is 1. The lowest BCUT2D eigenvalue weighted by Gasteiger charge is -2.12. The van der Waals surface area contributed by atoms with E-state index in [0.29, 0.717) is 5.69 Å². The van der Waals surface area contributed by atoms with Crippen LogP contribution in [0.2, 0.25) is 0 Å². The molecule has 0 saturated carbocycles. The Morgan fingerprint density at radius 2 is 1.77 bits per heavy atom. The minimum atomic E-state index is -0.336. The van der Waals surface area contributed by atoms with Crippen LogP contribution < -0.4 is 15.6 Å². The molecule has 3 rings (SSSR count). The highest BCUT2D eigenvalue weighted by Gasteiger charge is 2.10. The fraction of sp³-hybridized carbons (Fsp3) is 0.100. The molecule has 0 aliphatic heterocycles. The van der Waals surface area contributed by atoms with Crippen molar-refractivity contribution >= 4 is 23.4 Å². The number of amides is 1. The van der Waals surface area contributed by atoms with E-state index >= 15 is 0 Å². The van der Waals surface area contributed by atoms with Crippen molar-refractivity contribution in [1.82, 2.24) is 4.57 Å². The van der Waals surface area contributed by atoms with Gasteiger partial charge >= 0.3 is 0 Å². The first-order valence-corrected chi connectivity index (χ1v) is 8.84. The van der Waals surface area contributed by atoms with Gasteiger partial charge in [0.2, 0.25) is 5.91 Å². The zero-order chi connectivity index (χ0) is 18.4. The number of ether oxygens (including phenoxy) is 1. The van der Waals surface area contributed by atoms with Crippen LogP contribution in [0.4, 0.5) is 5.69 Å². The minimum Gasteiger partial charge on any atom is -0.491 e. The van der Waals surface area contributed by atoms with Crippen molar-refractivity contribution in [2.75, 3.05) is 12.4 Å². The van der Waals surface area contributed by atoms with Gasteiger partial charge < -0.3 is 14.6 Å². The van der Waals surface area contributed by atoms with Crippen LogP contribution in [0.5, 0.6) is 5.75 Å². The monoisotopic (exact) mass is 366 g/mol. The maximum Gasteiger partial charge on any atom is 0.293 e. The predicted octanol–water partition coefficient (Wildman–Crippen LogP) is 3.65. The molecule has 3 aromatic rings. The Morgan fingerprint density at radius 3 is 2.54 bits per heavy atom. The minimum absolute atomic E-state index is 0.0830. The molecular weight excluding hydrogens is 348 g/mol. The highest BCUT2D eigenvalue weighted by atomic mass is 32.2. The van der Waals surface area contributed by atoms with Gasteiger partial charge in [-0.1, -0.05) is 42.1 Å². The number of methoxy groups -OCH3 is 1. The second-order valence-electron chi connectivity index (χ2n) is 5.47. The van der Waals surface area contributed by atoms with Gasteiger partial charge in [-0.05, 0) is 36.4 Å². The quantitative estimate of drug-likeness (QED) is 0.723. The maximum atomic E-state index is 12.4. The van der Waals surface area contributed by atoms with E-state index in [-0.39, 0.29) is 23.8 Å². The second-order valence-corrected chi connectivity index (χ2v) is 6.58. The first-order chi connectivity index (χ1) is 12.7. The Kier molecular flexibility index (Phi) is 5.76. The molecule has 132 valence electrons. The van der Waals surface area contributed by atoms with Crippen molar-refractivity contribution in [3.05, 3.63) is 83.3 Å². The summed E-state index contributed by atoms with van der Waals surface area (Å²) in [6.07, 6.45) is 1.56. The molecular formula is C20H18N2O3S. The number of nitrogens with zero attached hydrogens (tertiary/aromatic N) is 1. The first-order valence-electron chi connectivity index (χ1n) is 8.02. The molecule has 26 heavy (non-hydrogen) atoms. The molecule has 0 bridgehead atoms. The third-order valence-corrected chi connectivity index (χ3v) is 4.74. The number of carbonyl (C=O) groups is 1. The molecule has 1 heterocycles. The third kappa shape index (κ3) is 4.34.